The van der Waals surface area contributed by atoms with Gasteiger partial charge in [0.05, 0.1) is 4.92 Å². The topological polar surface area (TPSA) is 87.6 Å². The van der Waals surface area contributed by atoms with Gasteiger partial charge in [0.15, 0.2) is 5.75 Å². The predicted octanol–water partition coefficient (Wildman–Crippen LogP) is 1.65. The molecule has 6 heteroatoms. The fourth-order valence-corrected chi connectivity index (χ4v) is 2.25. The molecule has 0 bridgehead atoms. The van der Waals surface area contributed by atoms with Crippen LogP contribution in [0.25, 0.3) is 0 Å². The van der Waals surface area contributed by atoms with Gasteiger partial charge in [0, 0.05) is 25.6 Å². The number of aryl methyl sites for hydroxylation is 1. The maximum absolute atomic E-state index is 11.1. The van der Waals surface area contributed by atoms with Crippen molar-refractivity contribution in [3.05, 3.63) is 33.9 Å². The summed E-state index contributed by atoms with van der Waals surface area (Å²) in [4.78, 5) is 10.6. The van der Waals surface area contributed by atoms with E-state index < -0.39 is 4.92 Å². The molecule has 1 aliphatic rings. The molecule has 0 aliphatic heterocycles. The van der Waals surface area contributed by atoms with Gasteiger partial charge in [-0.15, -0.1) is 0 Å². The van der Waals surface area contributed by atoms with E-state index in [9.17, 15) is 10.1 Å². The minimum Gasteiger partial charge on any atom is -0.481 e. The molecule has 6 nitrogen and oxygen atoms in total. The van der Waals surface area contributed by atoms with E-state index in [0.29, 0.717) is 6.42 Å². The first-order valence-electron chi connectivity index (χ1n) is 6.29. The van der Waals surface area contributed by atoms with Crippen LogP contribution >= 0.6 is 0 Å². The van der Waals surface area contributed by atoms with Crippen LogP contribution in [0.4, 0.5) is 5.69 Å². The molecule has 1 aliphatic carbocycles. The summed E-state index contributed by atoms with van der Waals surface area (Å²) in [7, 11) is 1.56. The van der Waals surface area contributed by atoms with Crippen LogP contribution in [-0.2, 0) is 11.2 Å². The molecule has 19 heavy (non-hydrogen) atoms. The predicted molar refractivity (Wildman–Crippen MR) is 70.3 cm³/mol. The molecule has 1 saturated carbocycles. The van der Waals surface area contributed by atoms with E-state index in [2.05, 4.69) is 0 Å². The Morgan fingerprint density at radius 3 is 2.79 bits per heavy atom. The molecule has 0 aromatic heterocycles. The van der Waals surface area contributed by atoms with Crippen molar-refractivity contribution in [1.29, 1.82) is 0 Å². The Hall–Kier alpha value is -1.66. The van der Waals surface area contributed by atoms with E-state index in [1.807, 2.05) is 13.0 Å². The van der Waals surface area contributed by atoms with Crippen LogP contribution in [0.1, 0.15) is 18.9 Å². The number of nitrogens with two attached hydrogens (primary N) is 1. The first kappa shape index (κ1) is 13.8. The van der Waals surface area contributed by atoms with Gasteiger partial charge in [0.1, 0.15) is 12.2 Å². The lowest BCUT2D eigenvalue weighted by Crippen LogP contribution is -2.59. The molecule has 1 aromatic carbocycles. The summed E-state index contributed by atoms with van der Waals surface area (Å²) in [6, 6.07) is 4.97. The van der Waals surface area contributed by atoms with E-state index in [0.717, 1.165) is 12.0 Å². The maximum Gasteiger partial charge on any atom is 0.311 e. The normalized spacial score (nSPS) is 25.7. The molecular weight excluding hydrogens is 248 g/mol. The zero-order chi connectivity index (χ0) is 14.0. The molecule has 1 fully saturated rings. The Labute approximate surface area is 111 Å². The van der Waals surface area contributed by atoms with Crippen molar-refractivity contribution in [2.75, 3.05) is 7.11 Å². The van der Waals surface area contributed by atoms with Crippen LogP contribution in [0.3, 0.4) is 0 Å². The fourth-order valence-electron chi connectivity index (χ4n) is 2.25. The van der Waals surface area contributed by atoms with Gasteiger partial charge in [-0.25, -0.2) is 0 Å². The van der Waals surface area contributed by atoms with Gasteiger partial charge in [-0.1, -0.05) is 13.0 Å². The van der Waals surface area contributed by atoms with Gasteiger partial charge in [-0.05, 0) is 18.1 Å². The van der Waals surface area contributed by atoms with E-state index in [1.54, 1.807) is 19.2 Å². The fraction of sp³-hybridized carbons (Fsp3) is 0.538. The van der Waals surface area contributed by atoms with E-state index >= 15 is 0 Å². The molecule has 2 rings (SSSR count). The third kappa shape index (κ3) is 2.69. The Bertz CT molecular complexity index is 478. The van der Waals surface area contributed by atoms with Crippen LogP contribution in [-0.4, -0.2) is 30.3 Å². The van der Waals surface area contributed by atoms with Crippen molar-refractivity contribution in [3.8, 4) is 5.75 Å². The number of methoxy groups -OCH3 is 1. The number of hydrogen-bond acceptors (Lipinski definition) is 5. The summed E-state index contributed by atoms with van der Waals surface area (Å²) >= 11 is 0. The second-order valence-corrected chi connectivity index (χ2v) is 4.67. The van der Waals surface area contributed by atoms with Gasteiger partial charge in [0.2, 0.25) is 0 Å². The highest BCUT2D eigenvalue weighted by molar-refractivity contribution is 5.49. The zero-order valence-electron chi connectivity index (χ0n) is 11.0. The Balaban J connectivity index is 2.18. The molecule has 1 aromatic rings. The average Bonchev–Trinajstić information content (AvgIpc) is 2.38. The van der Waals surface area contributed by atoms with Crippen molar-refractivity contribution in [2.24, 2.45) is 5.73 Å². The molecule has 0 spiro atoms. The van der Waals surface area contributed by atoms with E-state index in [4.69, 9.17) is 15.2 Å². The van der Waals surface area contributed by atoms with Crippen LogP contribution in [0.5, 0.6) is 5.75 Å². The smallest absolute Gasteiger partial charge is 0.311 e. The molecule has 3 unspecified atom stereocenters. The van der Waals surface area contributed by atoms with Crippen LogP contribution in [0.15, 0.2) is 18.2 Å². The third-order valence-corrected chi connectivity index (χ3v) is 3.47. The number of nitro groups is 1. The largest absolute Gasteiger partial charge is 0.481 e. The van der Waals surface area contributed by atoms with Crippen LogP contribution < -0.4 is 10.5 Å². The van der Waals surface area contributed by atoms with Crippen molar-refractivity contribution < 1.29 is 14.4 Å². The van der Waals surface area contributed by atoms with Gasteiger partial charge < -0.3 is 15.2 Å². The Kier molecular flexibility index (Phi) is 4.01. The molecular formula is C13H18N2O4. The number of nitrogens with zero attached hydrogens (tertiary/aromatic N) is 1. The second kappa shape index (κ2) is 5.54. The molecule has 2 N–H and O–H groups in total. The number of rotatable bonds is 5. The highest BCUT2D eigenvalue weighted by Gasteiger charge is 2.41. The number of ether oxygens (including phenoxy) is 2. The van der Waals surface area contributed by atoms with Gasteiger partial charge in [-0.3, -0.25) is 10.1 Å². The highest BCUT2D eigenvalue weighted by Crippen LogP contribution is 2.33. The van der Waals surface area contributed by atoms with Crippen molar-refractivity contribution >= 4 is 5.69 Å². The Morgan fingerprint density at radius 1 is 1.53 bits per heavy atom. The summed E-state index contributed by atoms with van der Waals surface area (Å²) in [5.41, 5.74) is 6.69. The SMILES string of the molecule is CCc1ccc(OC2CC(N)C2OC)c([N+](=O)[O-])c1. The highest BCUT2D eigenvalue weighted by atomic mass is 16.6. The number of hydrogen-bond donors (Lipinski definition) is 1. The minimum absolute atomic E-state index is 0.00493. The first-order chi connectivity index (χ1) is 9.06. The molecule has 0 saturated heterocycles. The third-order valence-electron chi connectivity index (χ3n) is 3.47. The summed E-state index contributed by atoms with van der Waals surface area (Å²) in [6.07, 6.45) is 0.970. The molecule has 0 heterocycles. The minimum atomic E-state index is -0.422. The average molecular weight is 266 g/mol. The lowest BCUT2D eigenvalue weighted by molar-refractivity contribution is -0.386. The molecule has 0 radical (unpaired) electrons. The van der Waals surface area contributed by atoms with Crippen molar-refractivity contribution in [2.45, 2.75) is 38.0 Å². The van der Waals surface area contributed by atoms with Crippen LogP contribution in [0.2, 0.25) is 0 Å². The van der Waals surface area contributed by atoms with Crippen molar-refractivity contribution in [3.63, 3.8) is 0 Å². The first-order valence-corrected chi connectivity index (χ1v) is 6.29. The van der Waals surface area contributed by atoms with Crippen molar-refractivity contribution in [1.82, 2.24) is 0 Å². The van der Waals surface area contributed by atoms with Gasteiger partial charge in [0.25, 0.3) is 0 Å². The summed E-state index contributed by atoms with van der Waals surface area (Å²) in [5, 5.41) is 11.1. The Morgan fingerprint density at radius 2 is 2.26 bits per heavy atom. The molecule has 3 atom stereocenters. The number of benzene rings is 1. The summed E-state index contributed by atoms with van der Waals surface area (Å²) in [5.74, 6) is 0.279. The standard InChI is InChI=1S/C13H18N2O4/c1-3-8-4-5-11(10(6-8)15(16)17)19-12-7-9(14)13(12)18-2/h4-6,9,12-13H,3,7,14H2,1-2H3. The van der Waals surface area contributed by atoms with E-state index in [-0.39, 0.29) is 29.7 Å². The molecule has 104 valence electrons. The van der Waals surface area contributed by atoms with Crippen LogP contribution in [0, 0.1) is 10.1 Å². The lowest BCUT2D eigenvalue weighted by atomic mass is 9.86. The van der Waals surface area contributed by atoms with Gasteiger partial charge >= 0.3 is 5.69 Å². The van der Waals surface area contributed by atoms with Gasteiger partial charge in [-0.2, -0.15) is 0 Å². The molecule has 0 amide bonds. The number of nitro benzene ring substituents is 1. The summed E-state index contributed by atoms with van der Waals surface area (Å²) < 4.78 is 10.9. The lowest BCUT2D eigenvalue weighted by Gasteiger charge is -2.40. The monoisotopic (exact) mass is 266 g/mol. The zero-order valence-corrected chi connectivity index (χ0v) is 11.0. The quantitative estimate of drug-likeness (QED) is 0.646. The van der Waals surface area contributed by atoms with E-state index in [1.165, 1.54) is 0 Å². The summed E-state index contributed by atoms with van der Waals surface area (Å²) in [6.45, 7) is 1.95. The second-order valence-electron chi connectivity index (χ2n) is 4.67. The maximum atomic E-state index is 11.1.